The van der Waals surface area contributed by atoms with Crippen LogP contribution in [0.25, 0.3) is 0 Å². The number of methoxy groups -OCH3 is 1. The van der Waals surface area contributed by atoms with Crippen LogP contribution in [0.3, 0.4) is 0 Å². The van der Waals surface area contributed by atoms with Crippen LogP contribution >= 0.6 is 0 Å². The Morgan fingerprint density at radius 3 is 2.72 bits per heavy atom. The third kappa shape index (κ3) is 4.47. The Kier molecular flexibility index (Phi) is 6.39. The molecule has 0 bridgehead atoms. The van der Waals surface area contributed by atoms with Crippen LogP contribution < -0.4 is 10.6 Å². The Bertz CT molecular complexity index is 391. The molecule has 4 heteroatoms. The van der Waals surface area contributed by atoms with Crippen molar-refractivity contribution in [1.29, 1.82) is 0 Å². The van der Waals surface area contributed by atoms with Gasteiger partial charge in [0.05, 0.1) is 6.61 Å². The smallest absolute Gasteiger partial charge is 0.251 e. The molecule has 18 heavy (non-hydrogen) atoms. The number of ether oxygens (including phenoxy) is 1. The van der Waals surface area contributed by atoms with Crippen LogP contribution in [0.1, 0.15) is 21.5 Å². The lowest BCUT2D eigenvalue weighted by Crippen LogP contribution is -2.33. The van der Waals surface area contributed by atoms with Gasteiger partial charge in [-0.1, -0.05) is 12.1 Å². The molecular formula is C14H22N2O2. The summed E-state index contributed by atoms with van der Waals surface area (Å²) in [5.74, 6) is -0.00950. The maximum absolute atomic E-state index is 11.9. The van der Waals surface area contributed by atoms with Crippen LogP contribution in [0.2, 0.25) is 0 Å². The van der Waals surface area contributed by atoms with Gasteiger partial charge in [0, 0.05) is 32.3 Å². The molecule has 1 rings (SSSR count). The highest BCUT2D eigenvalue weighted by molar-refractivity contribution is 5.95. The van der Waals surface area contributed by atoms with E-state index in [1.54, 1.807) is 7.11 Å². The second-order valence-electron chi connectivity index (χ2n) is 4.25. The molecule has 0 heterocycles. The van der Waals surface area contributed by atoms with Crippen LogP contribution in [-0.2, 0) is 4.74 Å². The van der Waals surface area contributed by atoms with Crippen molar-refractivity contribution in [3.8, 4) is 0 Å². The molecule has 0 aliphatic carbocycles. The lowest BCUT2D eigenvalue weighted by atomic mass is 10.0. The minimum absolute atomic E-state index is 0.00950. The Morgan fingerprint density at radius 1 is 1.22 bits per heavy atom. The van der Waals surface area contributed by atoms with Gasteiger partial charge in [-0.25, -0.2) is 0 Å². The predicted octanol–water partition coefficient (Wildman–Crippen LogP) is 1.27. The number of nitrogens with one attached hydrogen (secondary N) is 2. The average Bonchev–Trinajstić information content (AvgIpc) is 2.36. The van der Waals surface area contributed by atoms with Crippen molar-refractivity contribution in [3.63, 3.8) is 0 Å². The predicted molar refractivity (Wildman–Crippen MR) is 73.0 cm³/mol. The molecular weight excluding hydrogens is 228 g/mol. The summed E-state index contributed by atoms with van der Waals surface area (Å²) in [5, 5.41) is 6.08. The normalized spacial score (nSPS) is 10.4. The van der Waals surface area contributed by atoms with Gasteiger partial charge in [0.25, 0.3) is 5.91 Å². The van der Waals surface area contributed by atoms with Crippen molar-refractivity contribution in [1.82, 2.24) is 10.6 Å². The fourth-order valence-corrected chi connectivity index (χ4v) is 1.66. The summed E-state index contributed by atoms with van der Waals surface area (Å²) >= 11 is 0. The number of amides is 1. The number of aryl methyl sites for hydroxylation is 1. The molecule has 1 aromatic carbocycles. The molecule has 1 amide bonds. The van der Waals surface area contributed by atoms with E-state index in [1.165, 1.54) is 0 Å². The molecule has 100 valence electrons. The average molecular weight is 250 g/mol. The molecule has 0 atom stereocenters. The van der Waals surface area contributed by atoms with Gasteiger partial charge in [0.2, 0.25) is 0 Å². The summed E-state index contributed by atoms with van der Waals surface area (Å²) in [5.41, 5.74) is 2.94. The minimum atomic E-state index is -0.00950. The van der Waals surface area contributed by atoms with Gasteiger partial charge >= 0.3 is 0 Å². The Labute approximate surface area is 109 Å². The van der Waals surface area contributed by atoms with Gasteiger partial charge in [-0.3, -0.25) is 4.79 Å². The molecule has 0 spiro atoms. The summed E-state index contributed by atoms with van der Waals surface area (Å²) in [6.45, 7) is 6.84. The van der Waals surface area contributed by atoms with E-state index in [4.69, 9.17) is 4.74 Å². The number of rotatable bonds is 7. The van der Waals surface area contributed by atoms with Gasteiger partial charge in [0.15, 0.2) is 0 Å². The lowest BCUT2D eigenvalue weighted by Gasteiger charge is -2.10. The van der Waals surface area contributed by atoms with E-state index in [1.807, 2.05) is 32.0 Å². The van der Waals surface area contributed by atoms with Gasteiger partial charge in [0.1, 0.15) is 0 Å². The molecule has 0 saturated heterocycles. The fourth-order valence-electron chi connectivity index (χ4n) is 1.66. The summed E-state index contributed by atoms with van der Waals surface area (Å²) in [4.78, 5) is 11.9. The summed E-state index contributed by atoms with van der Waals surface area (Å²) < 4.78 is 4.92. The van der Waals surface area contributed by atoms with Crippen molar-refractivity contribution in [2.24, 2.45) is 0 Å². The van der Waals surface area contributed by atoms with E-state index in [0.29, 0.717) is 13.2 Å². The Hall–Kier alpha value is -1.39. The lowest BCUT2D eigenvalue weighted by molar-refractivity contribution is 0.0953. The second kappa shape index (κ2) is 7.84. The second-order valence-corrected chi connectivity index (χ2v) is 4.25. The highest BCUT2D eigenvalue weighted by Crippen LogP contribution is 2.12. The van der Waals surface area contributed by atoms with Crippen molar-refractivity contribution < 1.29 is 9.53 Å². The number of hydrogen-bond donors (Lipinski definition) is 2. The third-order valence-electron chi connectivity index (χ3n) is 2.92. The topological polar surface area (TPSA) is 50.4 Å². The van der Waals surface area contributed by atoms with Gasteiger partial charge in [-0.15, -0.1) is 0 Å². The fraction of sp³-hybridized carbons (Fsp3) is 0.500. The maximum Gasteiger partial charge on any atom is 0.251 e. The van der Waals surface area contributed by atoms with Gasteiger partial charge in [-0.05, 0) is 31.0 Å². The molecule has 0 aliphatic rings. The zero-order valence-corrected chi connectivity index (χ0v) is 11.4. The van der Waals surface area contributed by atoms with Crippen molar-refractivity contribution in [2.75, 3.05) is 33.4 Å². The molecule has 0 unspecified atom stereocenters. The summed E-state index contributed by atoms with van der Waals surface area (Å²) in [7, 11) is 1.67. The monoisotopic (exact) mass is 250 g/mol. The summed E-state index contributed by atoms with van der Waals surface area (Å²) in [6.07, 6.45) is 0. The first-order valence-electron chi connectivity index (χ1n) is 6.21. The van der Waals surface area contributed by atoms with E-state index in [2.05, 4.69) is 10.6 Å². The van der Waals surface area contributed by atoms with Crippen LogP contribution in [0.15, 0.2) is 18.2 Å². The molecule has 2 N–H and O–H groups in total. The SMILES string of the molecule is COCCNCCNC(=O)c1cccc(C)c1C. The van der Waals surface area contributed by atoms with Crippen molar-refractivity contribution >= 4 is 5.91 Å². The molecule has 1 aromatic rings. The zero-order valence-electron chi connectivity index (χ0n) is 11.4. The summed E-state index contributed by atoms with van der Waals surface area (Å²) in [6, 6.07) is 5.78. The van der Waals surface area contributed by atoms with Gasteiger partial charge < -0.3 is 15.4 Å². The van der Waals surface area contributed by atoms with Crippen molar-refractivity contribution in [2.45, 2.75) is 13.8 Å². The standard InChI is InChI=1S/C14H22N2O2/c1-11-5-4-6-13(12(11)2)14(17)16-8-7-15-9-10-18-3/h4-6,15H,7-10H2,1-3H3,(H,16,17). The first-order chi connectivity index (χ1) is 8.66. The highest BCUT2D eigenvalue weighted by Gasteiger charge is 2.08. The van der Waals surface area contributed by atoms with E-state index < -0.39 is 0 Å². The van der Waals surface area contributed by atoms with E-state index >= 15 is 0 Å². The third-order valence-corrected chi connectivity index (χ3v) is 2.92. The Balaban J connectivity index is 2.35. The molecule has 0 aromatic heterocycles. The van der Waals surface area contributed by atoms with Crippen LogP contribution in [0, 0.1) is 13.8 Å². The molecule has 0 radical (unpaired) electrons. The number of benzene rings is 1. The first-order valence-corrected chi connectivity index (χ1v) is 6.21. The van der Waals surface area contributed by atoms with Gasteiger partial charge in [-0.2, -0.15) is 0 Å². The van der Waals surface area contributed by atoms with Crippen LogP contribution in [0.5, 0.6) is 0 Å². The van der Waals surface area contributed by atoms with E-state index in [0.717, 1.165) is 29.8 Å². The van der Waals surface area contributed by atoms with Crippen LogP contribution in [0.4, 0.5) is 0 Å². The minimum Gasteiger partial charge on any atom is -0.383 e. The first kappa shape index (κ1) is 14.7. The number of hydrogen-bond acceptors (Lipinski definition) is 3. The zero-order chi connectivity index (χ0) is 13.4. The van der Waals surface area contributed by atoms with Crippen molar-refractivity contribution in [3.05, 3.63) is 34.9 Å². The molecule has 4 nitrogen and oxygen atoms in total. The quantitative estimate of drug-likeness (QED) is 0.717. The van der Waals surface area contributed by atoms with E-state index in [-0.39, 0.29) is 5.91 Å². The largest absolute Gasteiger partial charge is 0.383 e. The number of carbonyl (C=O) groups excluding carboxylic acids is 1. The molecule has 0 saturated carbocycles. The molecule has 0 aliphatic heterocycles. The Morgan fingerprint density at radius 2 is 2.00 bits per heavy atom. The number of carbonyl (C=O) groups is 1. The van der Waals surface area contributed by atoms with E-state index in [9.17, 15) is 4.79 Å². The molecule has 0 fully saturated rings. The maximum atomic E-state index is 11.9. The van der Waals surface area contributed by atoms with Crippen LogP contribution in [-0.4, -0.2) is 39.3 Å². The highest BCUT2D eigenvalue weighted by atomic mass is 16.5.